The van der Waals surface area contributed by atoms with Crippen molar-refractivity contribution in [3.8, 4) is 0 Å². The topological polar surface area (TPSA) is 89.3 Å². The van der Waals surface area contributed by atoms with Crippen LogP contribution in [-0.2, 0) is 16.6 Å². The Morgan fingerprint density at radius 2 is 2.12 bits per heavy atom. The van der Waals surface area contributed by atoms with Crippen molar-refractivity contribution in [3.63, 3.8) is 0 Å². The van der Waals surface area contributed by atoms with Crippen LogP contribution in [0.3, 0.4) is 0 Å². The lowest BCUT2D eigenvalue weighted by Crippen LogP contribution is -2.25. The van der Waals surface area contributed by atoms with Gasteiger partial charge in [0.05, 0.1) is 10.7 Å². The molecule has 6 nitrogen and oxygen atoms in total. The highest BCUT2D eigenvalue weighted by Crippen LogP contribution is 2.22. The molecule has 0 bridgehead atoms. The predicted octanol–water partition coefficient (Wildman–Crippen LogP) is 1.69. The highest BCUT2D eigenvalue weighted by atomic mass is 35.5. The largest absolute Gasteiger partial charge is 0.274 e. The molecule has 0 aromatic heterocycles. The summed E-state index contributed by atoms with van der Waals surface area (Å²) in [5, 5.41) is 11.0. The molecule has 0 amide bonds. The van der Waals surface area contributed by atoms with Gasteiger partial charge in [-0.15, -0.1) is 0 Å². The third kappa shape index (κ3) is 3.95. The Balaban J connectivity index is 2.97. The lowest BCUT2D eigenvalue weighted by molar-refractivity contribution is -0.385. The molecule has 0 saturated carbocycles. The van der Waals surface area contributed by atoms with E-state index in [2.05, 4.69) is 4.72 Å². The van der Waals surface area contributed by atoms with Crippen molar-refractivity contribution in [3.05, 3.63) is 38.9 Å². The van der Waals surface area contributed by atoms with E-state index in [1.54, 1.807) is 0 Å². The van der Waals surface area contributed by atoms with Crippen molar-refractivity contribution < 1.29 is 13.3 Å². The molecule has 17 heavy (non-hydrogen) atoms. The molecule has 1 N–H and O–H groups in total. The van der Waals surface area contributed by atoms with Gasteiger partial charge >= 0.3 is 0 Å². The van der Waals surface area contributed by atoms with Crippen LogP contribution in [0.15, 0.2) is 18.2 Å². The van der Waals surface area contributed by atoms with Gasteiger partial charge in [0.25, 0.3) is 5.69 Å². The van der Waals surface area contributed by atoms with Gasteiger partial charge in [-0.3, -0.25) is 10.1 Å². The van der Waals surface area contributed by atoms with E-state index in [1.807, 2.05) is 0 Å². The average Bonchev–Trinajstić information content (AvgIpc) is 2.26. The first-order valence-corrected chi connectivity index (χ1v) is 6.79. The van der Waals surface area contributed by atoms with E-state index in [4.69, 9.17) is 11.6 Å². The van der Waals surface area contributed by atoms with E-state index >= 15 is 0 Å². The lowest BCUT2D eigenvalue weighted by Gasteiger charge is -2.05. The average molecular weight is 279 g/mol. The first-order chi connectivity index (χ1) is 7.85. The standard InChI is InChI=1S/C9H11ClN2O4S/c1-2-17(15,16)11-6-7-5-8(10)3-4-9(7)12(13)14/h3-5,11H,2,6H2,1H3. The normalized spacial score (nSPS) is 11.4. The van der Waals surface area contributed by atoms with E-state index in [0.717, 1.165) is 0 Å². The fourth-order valence-electron chi connectivity index (χ4n) is 1.16. The molecular weight excluding hydrogens is 268 g/mol. The minimum atomic E-state index is -3.39. The van der Waals surface area contributed by atoms with Crippen molar-refractivity contribution in [2.75, 3.05) is 5.75 Å². The molecule has 1 rings (SSSR count). The van der Waals surface area contributed by atoms with Gasteiger partial charge in [-0.25, -0.2) is 13.1 Å². The molecule has 94 valence electrons. The third-order valence-corrected chi connectivity index (χ3v) is 3.68. The number of hydrogen-bond acceptors (Lipinski definition) is 4. The van der Waals surface area contributed by atoms with Crippen LogP contribution >= 0.6 is 11.6 Å². The molecule has 8 heteroatoms. The number of hydrogen-bond donors (Lipinski definition) is 1. The Labute approximate surface area is 104 Å². The zero-order valence-corrected chi connectivity index (χ0v) is 10.6. The summed E-state index contributed by atoms with van der Waals surface area (Å²) in [6.45, 7) is 1.34. The minimum absolute atomic E-state index is 0.0820. The summed E-state index contributed by atoms with van der Waals surface area (Å²) in [5.41, 5.74) is 0.0766. The monoisotopic (exact) mass is 278 g/mol. The fraction of sp³-hybridized carbons (Fsp3) is 0.333. The highest BCUT2D eigenvalue weighted by molar-refractivity contribution is 7.89. The van der Waals surface area contributed by atoms with Crippen LogP contribution in [0.1, 0.15) is 12.5 Å². The smallest absolute Gasteiger partial charge is 0.258 e. The van der Waals surface area contributed by atoms with Gasteiger partial charge in [-0.2, -0.15) is 0 Å². The van der Waals surface area contributed by atoms with Gasteiger partial charge < -0.3 is 0 Å². The van der Waals surface area contributed by atoms with E-state index < -0.39 is 14.9 Å². The highest BCUT2D eigenvalue weighted by Gasteiger charge is 2.15. The second kappa shape index (κ2) is 5.44. The molecule has 0 heterocycles. The molecule has 1 aromatic rings. The second-order valence-electron chi connectivity index (χ2n) is 3.25. The summed E-state index contributed by atoms with van der Waals surface area (Å²) in [7, 11) is -3.39. The Hall–Kier alpha value is -1.18. The van der Waals surface area contributed by atoms with Crippen molar-refractivity contribution in [2.24, 2.45) is 0 Å². The number of halogens is 1. The van der Waals surface area contributed by atoms with Gasteiger partial charge in [0.2, 0.25) is 10.0 Å². The van der Waals surface area contributed by atoms with Crippen LogP contribution < -0.4 is 4.72 Å². The Kier molecular flexibility index (Phi) is 4.44. The van der Waals surface area contributed by atoms with Crippen molar-refractivity contribution in [1.82, 2.24) is 4.72 Å². The molecule has 0 atom stereocenters. The van der Waals surface area contributed by atoms with Crippen LogP contribution in [0.2, 0.25) is 5.02 Å². The maximum Gasteiger partial charge on any atom is 0.274 e. The summed E-state index contributed by atoms with van der Waals surface area (Å²) in [6, 6.07) is 4.01. The van der Waals surface area contributed by atoms with E-state index in [0.29, 0.717) is 5.02 Å². The third-order valence-electron chi connectivity index (χ3n) is 2.10. The summed E-state index contributed by atoms with van der Waals surface area (Å²) in [6.07, 6.45) is 0. The van der Waals surface area contributed by atoms with Crippen LogP contribution in [0, 0.1) is 10.1 Å². The Morgan fingerprint density at radius 1 is 1.47 bits per heavy atom. The SMILES string of the molecule is CCS(=O)(=O)NCc1cc(Cl)ccc1[N+](=O)[O-]. The Bertz CT molecular complexity index is 530. The molecule has 0 saturated heterocycles. The van der Waals surface area contributed by atoms with Crippen LogP contribution in [0.4, 0.5) is 5.69 Å². The van der Waals surface area contributed by atoms with Gasteiger partial charge in [0, 0.05) is 23.2 Å². The molecule has 0 aliphatic carbocycles. The summed E-state index contributed by atoms with van der Waals surface area (Å²) in [4.78, 5) is 10.1. The van der Waals surface area contributed by atoms with Gasteiger partial charge in [0.1, 0.15) is 0 Å². The van der Waals surface area contributed by atoms with Crippen LogP contribution in [-0.4, -0.2) is 19.1 Å². The zero-order valence-electron chi connectivity index (χ0n) is 9.01. The van der Waals surface area contributed by atoms with Crippen LogP contribution in [0.25, 0.3) is 0 Å². The number of nitrogens with zero attached hydrogens (tertiary/aromatic N) is 1. The number of sulfonamides is 1. The molecule has 0 spiro atoms. The number of nitrogens with one attached hydrogen (secondary N) is 1. The molecule has 0 fully saturated rings. The maximum atomic E-state index is 11.2. The molecule has 0 aliphatic rings. The van der Waals surface area contributed by atoms with Gasteiger partial charge in [-0.1, -0.05) is 11.6 Å². The molecule has 0 radical (unpaired) electrons. The first kappa shape index (κ1) is 13.9. The van der Waals surface area contributed by atoms with Gasteiger partial charge in [0.15, 0.2) is 0 Å². The summed E-state index contributed by atoms with van der Waals surface area (Å²) >= 11 is 5.71. The molecule has 1 aromatic carbocycles. The molecule has 0 unspecified atom stereocenters. The lowest BCUT2D eigenvalue weighted by atomic mass is 10.2. The first-order valence-electron chi connectivity index (χ1n) is 4.76. The molecule has 0 aliphatic heterocycles. The molecular formula is C9H11ClN2O4S. The van der Waals surface area contributed by atoms with Crippen molar-refractivity contribution in [2.45, 2.75) is 13.5 Å². The summed E-state index contributed by atoms with van der Waals surface area (Å²) < 4.78 is 24.7. The zero-order chi connectivity index (χ0) is 13.1. The van der Waals surface area contributed by atoms with Crippen molar-refractivity contribution in [1.29, 1.82) is 0 Å². The summed E-state index contributed by atoms with van der Waals surface area (Å²) in [5.74, 6) is -0.0820. The minimum Gasteiger partial charge on any atom is -0.258 e. The number of nitro groups is 1. The predicted molar refractivity (Wildman–Crippen MR) is 64.4 cm³/mol. The van der Waals surface area contributed by atoms with E-state index in [-0.39, 0.29) is 23.5 Å². The number of rotatable bonds is 5. The second-order valence-corrected chi connectivity index (χ2v) is 5.79. The van der Waals surface area contributed by atoms with Crippen LogP contribution in [0.5, 0.6) is 0 Å². The Morgan fingerprint density at radius 3 is 2.65 bits per heavy atom. The van der Waals surface area contributed by atoms with E-state index in [1.165, 1.54) is 25.1 Å². The maximum absolute atomic E-state index is 11.2. The van der Waals surface area contributed by atoms with E-state index in [9.17, 15) is 18.5 Å². The van der Waals surface area contributed by atoms with Gasteiger partial charge in [-0.05, 0) is 19.1 Å². The number of nitro benzene ring substituents is 1. The van der Waals surface area contributed by atoms with Crippen molar-refractivity contribution >= 4 is 27.3 Å². The quantitative estimate of drug-likeness (QED) is 0.655. The number of benzene rings is 1. The fourth-order valence-corrected chi connectivity index (χ4v) is 1.94.